The molecule has 2 aromatic carbocycles. The first-order chi connectivity index (χ1) is 11.2. The summed E-state index contributed by atoms with van der Waals surface area (Å²) in [6, 6.07) is 15.4. The van der Waals surface area contributed by atoms with Crippen molar-refractivity contribution in [3.8, 4) is 5.75 Å². The molecule has 0 radical (unpaired) electrons. The third-order valence-electron chi connectivity index (χ3n) is 3.85. The van der Waals surface area contributed by atoms with E-state index in [2.05, 4.69) is 11.5 Å². The summed E-state index contributed by atoms with van der Waals surface area (Å²) >= 11 is 0. The van der Waals surface area contributed by atoms with Crippen LogP contribution in [0.5, 0.6) is 5.75 Å². The molecule has 4 nitrogen and oxygen atoms in total. The molecule has 1 heterocycles. The van der Waals surface area contributed by atoms with E-state index in [-0.39, 0.29) is 12.6 Å². The fourth-order valence-corrected chi connectivity index (χ4v) is 2.66. The zero-order chi connectivity index (χ0) is 16.2. The van der Waals surface area contributed by atoms with E-state index in [0.717, 1.165) is 28.8 Å². The van der Waals surface area contributed by atoms with Crippen molar-refractivity contribution in [3.05, 3.63) is 65.9 Å². The number of aromatic nitrogens is 1. The largest absolute Gasteiger partial charge is 0.497 e. The Morgan fingerprint density at radius 1 is 1.13 bits per heavy atom. The van der Waals surface area contributed by atoms with Gasteiger partial charge in [0.1, 0.15) is 12.4 Å². The van der Waals surface area contributed by atoms with Crippen molar-refractivity contribution in [3.63, 3.8) is 0 Å². The number of hydrogen-bond donors (Lipinski definition) is 0. The molecule has 23 heavy (non-hydrogen) atoms. The maximum absolute atomic E-state index is 12.4. The maximum Gasteiger partial charge on any atom is 0.340 e. The number of carbonyl (C=O) groups is 1. The van der Waals surface area contributed by atoms with E-state index in [9.17, 15) is 4.79 Å². The molecule has 3 aromatic rings. The van der Waals surface area contributed by atoms with Crippen LogP contribution in [0.3, 0.4) is 0 Å². The van der Waals surface area contributed by atoms with E-state index in [1.54, 1.807) is 7.11 Å². The van der Waals surface area contributed by atoms with Crippen molar-refractivity contribution in [2.45, 2.75) is 20.1 Å². The number of rotatable bonds is 5. The van der Waals surface area contributed by atoms with Gasteiger partial charge in [0.05, 0.1) is 12.7 Å². The summed E-state index contributed by atoms with van der Waals surface area (Å²) in [5.74, 6) is 0.442. The van der Waals surface area contributed by atoms with E-state index < -0.39 is 0 Å². The van der Waals surface area contributed by atoms with Crippen molar-refractivity contribution < 1.29 is 14.3 Å². The third kappa shape index (κ3) is 3.06. The lowest BCUT2D eigenvalue weighted by Crippen LogP contribution is -2.05. The average Bonchev–Trinajstić information content (AvgIpc) is 2.99. The fourth-order valence-electron chi connectivity index (χ4n) is 2.66. The molecule has 0 saturated carbocycles. The smallest absolute Gasteiger partial charge is 0.340 e. The molecule has 0 spiro atoms. The molecule has 0 amide bonds. The van der Waals surface area contributed by atoms with Crippen molar-refractivity contribution in [2.75, 3.05) is 7.11 Å². The third-order valence-corrected chi connectivity index (χ3v) is 3.85. The number of nitrogens with zero attached hydrogens (tertiary/aromatic N) is 1. The number of carbonyl (C=O) groups excluding carboxylic acids is 1. The monoisotopic (exact) mass is 309 g/mol. The number of para-hydroxylation sites is 1. The van der Waals surface area contributed by atoms with Gasteiger partial charge in [0.25, 0.3) is 0 Å². The van der Waals surface area contributed by atoms with Crippen molar-refractivity contribution in [1.82, 2.24) is 4.57 Å². The van der Waals surface area contributed by atoms with Gasteiger partial charge in [0, 0.05) is 23.6 Å². The Bertz CT molecular complexity index is 836. The van der Waals surface area contributed by atoms with Crippen molar-refractivity contribution >= 4 is 16.9 Å². The van der Waals surface area contributed by atoms with Gasteiger partial charge in [0.15, 0.2) is 0 Å². The van der Waals surface area contributed by atoms with Crippen LogP contribution in [0.25, 0.3) is 10.9 Å². The van der Waals surface area contributed by atoms with Gasteiger partial charge in [-0.05, 0) is 30.7 Å². The first-order valence-corrected chi connectivity index (χ1v) is 7.61. The molecular weight excluding hydrogens is 290 g/mol. The summed E-state index contributed by atoms with van der Waals surface area (Å²) in [4.78, 5) is 12.4. The van der Waals surface area contributed by atoms with Gasteiger partial charge in [-0.25, -0.2) is 4.79 Å². The van der Waals surface area contributed by atoms with Crippen molar-refractivity contribution in [1.29, 1.82) is 0 Å². The summed E-state index contributed by atoms with van der Waals surface area (Å²) < 4.78 is 12.7. The van der Waals surface area contributed by atoms with Gasteiger partial charge in [-0.3, -0.25) is 0 Å². The first kappa shape index (κ1) is 15.2. The average molecular weight is 309 g/mol. The summed E-state index contributed by atoms with van der Waals surface area (Å²) in [6.07, 6.45) is 1.86. The minimum absolute atomic E-state index is 0.224. The van der Waals surface area contributed by atoms with Gasteiger partial charge in [-0.15, -0.1) is 0 Å². The Morgan fingerprint density at radius 2 is 1.96 bits per heavy atom. The highest BCUT2D eigenvalue weighted by atomic mass is 16.5. The van der Waals surface area contributed by atoms with Crippen molar-refractivity contribution in [2.24, 2.45) is 0 Å². The van der Waals surface area contributed by atoms with Gasteiger partial charge in [-0.1, -0.05) is 30.3 Å². The molecular formula is C19H19NO3. The second kappa shape index (κ2) is 6.57. The van der Waals surface area contributed by atoms with Gasteiger partial charge >= 0.3 is 5.97 Å². The van der Waals surface area contributed by atoms with Crippen LogP contribution < -0.4 is 4.74 Å². The van der Waals surface area contributed by atoms with E-state index in [1.165, 1.54) is 0 Å². The first-order valence-electron chi connectivity index (χ1n) is 7.61. The predicted molar refractivity (Wildman–Crippen MR) is 89.7 cm³/mol. The number of esters is 1. The summed E-state index contributed by atoms with van der Waals surface area (Å²) in [5, 5.41) is 0.921. The van der Waals surface area contributed by atoms with E-state index in [4.69, 9.17) is 9.47 Å². The molecule has 0 saturated heterocycles. The minimum atomic E-state index is -0.309. The quantitative estimate of drug-likeness (QED) is 0.668. The van der Waals surface area contributed by atoms with Crippen LogP contribution in [0.1, 0.15) is 22.8 Å². The van der Waals surface area contributed by atoms with E-state index in [1.807, 2.05) is 54.7 Å². The molecule has 3 rings (SSSR count). The van der Waals surface area contributed by atoms with E-state index >= 15 is 0 Å². The molecule has 0 atom stereocenters. The van der Waals surface area contributed by atoms with Crippen LogP contribution in [0.15, 0.2) is 54.7 Å². The molecule has 1 aromatic heterocycles. The standard InChI is InChI=1S/C19H19NO3/c1-3-20-12-17(16-9-4-5-10-18(16)20)19(21)23-13-14-7-6-8-15(11-14)22-2/h4-12H,3,13H2,1-2H3. The number of benzene rings is 2. The molecule has 4 heteroatoms. The lowest BCUT2D eigenvalue weighted by atomic mass is 10.2. The lowest BCUT2D eigenvalue weighted by molar-refractivity contribution is 0.0474. The minimum Gasteiger partial charge on any atom is -0.497 e. The van der Waals surface area contributed by atoms with Crippen LogP contribution in [-0.4, -0.2) is 17.6 Å². The Kier molecular flexibility index (Phi) is 4.33. The van der Waals surface area contributed by atoms with Crippen LogP contribution in [0, 0.1) is 0 Å². The van der Waals surface area contributed by atoms with Crippen LogP contribution in [-0.2, 0) is 17.9 Å². The highest BCUT2D eigenvalue weighted by Crippen LogP contribution is 2.22. The predicted octanol–water partition coefficient (Wildman–Crippen LogP) is 4.03. The molecule has 118 valence electrons. The summed E-state index contributed by atoms with van der Waals surface area (Å²) in [6.45, 7) is 3.09. The van der Waals surface area contributed by atoms with E-state index in [0.29, 0.717) is 5.56 Å². The highest BCUT2D eigenvalue weighted by Gasteiger charge is 2.15. The van der Waals surface area contributed by atoms with Crippen LogP contribution >= 0.6 is 0 Å². The highest BCUT2D eigenvalue weighted by molar-refractivity contribution is 6.04. The Balaban J connectivity index is 1.81. The van der Waals surface area contributed by atoms with Gasteiger partial charge < -0.3 is 14.0 Å². The second-order valence-electron chi connectivity index (χ2n) is 5.27. The molecule has 0 fully saturated rings. The number of methoxy groups -OCH3 is 1. The molecule has 0 aliphatic carbocycles. The normalized spacial score (nSPS) is 10.7. The Morgan fingerprint density at radius 3 is 2.74 bits per heavy atom. The van der Waals surface area contributed by atoms with Gasteiger partial charge in [-0.2, -0.15) is 0 Å². The summed E-state index contributed by atoms with van der Waals surface area (Å²) in [7, 11) is 1.62. The number of ether oxygens (including phenoxy) is 2. The number of aryl methyl sites for hydroxylation is 1. The lowest BCUT2D eigenvalue weighted by Gasteiger charge is -2.06. The van der Waals surface area contributed by atoms with Crippen LogP contribution in [0.4, 0.5) is 0 Å². The molecule has 0 N–H and O–H groups in total. The molecule has 0 bridgehead atoms. The second-order valence-corrected chi connectivity index (χ2v) is 5.27. The topological polar surface area (TPSA) is 40.5 Å². The zero-order valence-electron chi connectivity index (χ0n) is 13.3. The summed E-state index contributed by atoms with van der Waals surface area (Å²) in [5.41, 5.74) is 2.55. The number of hydrogen-bond acceptors (Lipinski definition) is 3. The molecule has 0 aliphatic heterocycles. The molecule has 0 aliphatic rings. The molecule has 0 unspecified atom stereocenters. The zero-order valence-corrected chi connectivity index (χ0v) is 13.3. The SMILES string of the molecule is CCn1cc(C(=O)OCc2cccc(OC)c2)c2ccccc21. The number of fused-ring (bicyclic) bond motifs is 1. The maximum atomic E-state index is 12.4. The van der Waals surface area contributed by atoms with Gasteiger partial charge in [0.2, 0.25) is 0 Å². The fraction of sp³-hybridized carbons (Fsp3) is 0.211. The van der Waals surface area contributed by atoms with Crippen LogP contribution in [0.2, 0.25) is 0 Å². The Hall–Kier alpha value is -2.75. The Labute approximate surface area is 135 Å².